The van der Waals surface area contributed by atoms with Crippen molar-refractivity contribution in [1.82, 2.24) is 5.32 Å². The quantitative estimate of drug-likeness (QED) is 0.517. The summed E-state index contributed by atoms with van der Waals surface area (Å²) in [4.78, 5) is 27.5. The SMILES string of the molecule is COc1ccc(CN(C(=O)c2ccccc2)c2ccc(CC(=O)NCC3CCCO3)cc2)cc1. The molecular weight excluding hydrogens is 428 g/mol. The van der Waals surface area contributed by atoms with Crippen LogP contribution in [0.5, 0.6) is 5.75 Å². The molecule has 3 aromatic rings. The van der Waals surface area contributed by atoms with E-state index in [0.717, 1.165) is 42.0 Å². The number of nitrogens with zero attached hydrogens (tertiary/aromatic N) is 1. The second-order valence-corrected chi connectivity index (χ2v) is 8.39. The van der Waals surface area contributed by atoms with E-state index < -0.39 is 0 Å². The molecule has 0 radical (unpaired) electrons. The number of anilines is 1. The lowest BCUT2D eigenvalue weighted by Crippen LogP contribution is -2.32. The Morgan fingerprint density at radius 1 is 0.971 bits per heavy atom. The van der Waals surface area contributed by atoms with Crippen molar-refractivity contribution in [3.05, 3.63) is 95.6 Å². The predicted octanol–water partition coefficient (Wildman–Crippen LogP) is 4.38. The second kappa shape index (κ2) is 11.5. The van der Waals surface area contributed by atoms with Crippen molar-refractivity contribution in [3.8, 4) is 5.75 Å². The molecule has 1 heterocycles. The van der Waals surface area contributed by atoms with Crippen LogP contribution >= 0.6 is 0 Å². The molecule has 176 valence electrons. The van der Waals surface area contributed by atoms with Gasteiger partial charge < -0.3 is 19.7 Å². The van der Waals surface area contributed by atoms with Gasteiger partial charge in [-0.3, -0.25) is 9.59 Å². The van der Waals surface area contributed by atoms with Gasteiger partial charge in [-0.05, 0) is 60.4 Å². The van der Waals surface area contributed by atoms with Crippen LogP contribution in [0.2, 0.25) is 0 Å². The van der Waals surface area contributed by atoms with Gasteiger partial charge in [0.2, 0.25) is 5.91 Å². The van der Waals surface area contributed by atoms with Gasteiger partial charge in [-0.25, -0.2) is 0 Å². The average Bonchev–Trinajstić information content (AvgIpc) is 3.41. The lowest BCUT2D eigenvalue weighted by molar-refractivity contribution is -0.120. The molecule has 1 fully saturated rings. The van der Waals surface area contributed by atoms with Crippen molar-refractivity contribution >= 4 is 17.5 Å². The molecule has 34 heavy (non-hydrogen) atoms. The molecule has 0 saturated carbocycles. The molecule has 1 aliphatic rings. The number of carbonyl (C=O) groups excluding carboxylic acids is 2. The van der Waals surface area contributed by atoms with Crippen LogP contribution in [0, 0.1) is 0 Å². The molecule has 2 amide bonds. The fraction of sp³-hybridized carbons (Fsp3) is 0.286. The number of nitrogens with one attached hydrogen (secondary N) is 1. The first-order chi connectivity index (χ1) is 16.6. The summed E-state index contributed by atoms with van der Waals surface area (Å²) in [7, 11) is 1.63. The maximum Gasteiger partial charge on any atom is 0.258 e. The first-order valence-electron chi connectivity index (χ1n) is 11.6. The van der Waals surface area contributed by atoms with Crippen molar-refractivity contribution in [2.75, 3.05) is 25.2 Å². The fourth-order valence-electron chi connectivity index (χ4n) is 4.01. The molecule has 1 unspecified atom stereocenters. The molecule has 6 heteroatoms. The molecular formula is C28H30N2O4. The van der Waals surface area contributed by atoms with Crippen LogP contribution in [0.25, 0.3) is 0 Å². The van der Waals surface area contributed by atoms with Gasteiger partial charge in [-0.2, -0.15) is 0 Å². The minimum atomic E-state index is -0.0847. The Bertz CT molecular complexity index is 1080. The molecule has 0 aliphatic carbocycles. The Kier molecular flexibility index (Phi) is 7.94. The standard InChI is InChI=1S/C28H30N2O4/c1-33-25-15-11-22(12-16-25)20-30(28(32)23-6-3-2-4-7-23)24-13-9-21(10-14-24)18-27(31)29-19-26-8-5-17-34-26/h2-4,6-7,9-16,26H,5,8,17-20H2,1H3,(H,29,31). The average molecular weight is 459 g/mol. The highest BCUT2D eigenvalue weighted by atomic mass is 16.5. The van der Waals surface area contributed by atoms with Crippen LogP contribution in [-0.4, -0.2) is 38.2 Å². The van der Waals surface area contributed by atoms with Gasteiger partial charge in [-0.1, -0.05) is 42.5 Å². The van der Waals surface area contributed by atoms with Crippen molar-refractivity contribution in [2.45, 2.75) is 31.9 Å². The summed E-state index contributed by atoms with van der Waals surface area (Å²) < 4.78 is 10.8. The third-order valence-electron chi connectivity index (χ3n) is 5.93. The number of ether oxygens (including phenoxy) is 2. The number of hydrogen-bond donors (Lipinski definition) is 1. The number of amides is 2. The number of methoxy groups -OCH3 is 1. The lowest BCUT2D eigenvalue weighted by atomic mass is 10.1. The number of rotatable bonds is 9. The summed E-state index contributed by atoms with van der Waals surface area (Å²) in [5, 5.41) is 2.95. The highest BCUT2D eigenvalue weighted by Gasteiger charge is 2.19. The molecule has 4 rings (SSSR count). The number of carbonyl (C=O) groups is 2. The van der Waals surface area contributed by atoms with Crippen molar-refractivity contribution in [3.63, 3.8) is 0 Å². The Labute approximate surface area is 200 Å². The van der Waals surface area contributed by atoms with Gasteiger partial charge in [0.05, 0.1) is 26.2 Å². The topological polar surface area (TPSA) is 67.9 Å². The van der Waals surface area contributed by atoms with E-state index in [1.165, 1.54) is 0 Å². The molecule has 1 saturated heterocycles. The van der Waals surface area contributed by atoms with Gasteiger partial charge in [0.1, 0.15) is 5.75 Å². The summed E-state index contributed by atoms with van der Waals surface area (Å²) in [5.41, 5.74) is 3.27. The second-order valence-electron chi connectivity index (χ2n) is 8.39. The van der Waals surface area contributed by atoms with Gasteiger partial charge in [-0.15, -0.1) is 0 Å². The largest absolute Gasteiger partial charge is 0.497 e. The molecule has 6 nitrogen and oxygen atoms in total. The molecule has 0 aromatic heterocycles. The summed E-state index contributed by atoms with van der Waals surface area (Å²) in [5.74, 6) is 0.656. The van der Waals surface area contributed by atoms with Gasteiger partial charge in [0.15, 0.2) is 0 Å². The molecule has 3 aromatic carbocycles. The van der Waals surface area contributed by atoms with Crippen molar-refractivity contribution in [2.24, 2.45) is 0 Å². The van der Waals surface area contributed by atoms with Crippen LogP contribution in [0.3, 0.4) is 0 Å². The minimum absolute atomic E-state index is 0.0290. The van der Waals surface area contributed by atoms with E-state index in [2.05, 4.69) is 5.32 Å². The highest BCUT2D eigenvalue weighted by Crippen LogP contribution is 2.22. The normalized spacial score (nSPS) is 15.0. The van der Waals surface area contributed by atoms with Gasteiger partial charge in [0, 0.05) is 24.4 Å². The number of hydrogen-bond acceptors (Lipinski definition) is 4. The molecule has 0 spiro atoms. The summed E-state index contributed by atoms with van der Waals surface area (Å²) in [6.07, 6.45) is 2.46. The lowest BCUT2D eigenvalue weighted by Gasteiger charge is -2.24. The predicted molar refractivity (Wildman–Crippen MR) is 132 cm³/mol. The van der Waals surface area contributed by atoms with E-state index in [4.69, 9.17) is 9.47 Å². The third-order valence-corrected chi connectivity index (χ3v) is 5.93. The van der Waals surface area contributed by atoms with Gasteiger partial charge >= 0.3 is 0 Å². The Hall–Kier alpha value is -3.64. The first-order valence-corrected chi connectivity index (χ1v) is 11.6. The summed E-state index contributed by atoms with van der Waals surface area (Å²) in [6, 6.07) is 24.5. The first kappa shape index (κ1) is 23.5. The van der Waals surface area contributed by atoms with Crippen LogP contribution < -0.4 is 15.0 Å². The fourth-order valence-corrected chi connectivity index (χ4v) is 4.01. The maximum atomic E-state index is 13.4. The van der Waals surface area contributed by atoms with E-state index in [9.17, 15) is 9.59 Å². The van der Waals surface area contributed by atoms with E-state index in [0.29, 0.717) is 18.7 Å². The van der Waals surface area contributed by atoms with Crippen molar-refractivity contribution < 1.29 is 19.1 Å². The Balaban J connectivity index is 1.47. The Morgan fingerprint density at radius 2 is 1.68 bits per heavy atom. The van der Waals surface area contributed by atoms with Gasteiger partial charge in [0.25, 0.3) is 5.91 Å². The zero-order valence-electron chi connectivity index (χ0n) is 19.4. The highest BCUT2D eigenvalue weighted by molar-refractivity contribution is 6.06. The summed E-state index contributed by atoms with van der Waals surface area (Å²) in [6.45, 7) is 1.74. The van der Waals surface area contributed by atoms with E-state index in [1.54, 1.807) is 12.0 Å². The number of benzene rings is 3. The smallest absolute Gasteiger partial charge is 0.258 e. The summed E-state index contributed by atoms with van der Waals surface area (Å²) >= 11 is 0. The molecule has 0 bridgehead atoms. The Morgan fingerprint density at radius 3 is 2.32 bits per heavy atom. The third kappa shape index (κ3) is 6.23. The van der Waals surface area contributed by atoms with Crippen LogP contribution in [-0.2, 0) is 22.5 Å². The molecule has 1 atom stereocenters. The van der Waals surface area contributed by atoms with Crippen LogP contribution in [0.15, 0.2) is 78.9 Å². The zero-order valence-corrected chi connectivity index (χ0v) is 19.4. The monoisotopic (exact) mass is 458 g/mol. The van der Waals surface area contributed by atoms with Crippen LogP contribution in [0.1, 0.15) is 34.3 Å². The molecule has 1 aliphatic heterocycles. The van der Waals surface area contributed by atoms with Crippen molar-refractivity contribution in [1.29, 1.82) is 0 Å². The molecule has 1 N–H and O–H groups in total. The minimum Gasteiger partial charge on any atom is -0.497 e. The maximum absolute atomic E-state index is 13.4. The van der Waals surface area contributed by atoms with E-state index in [1.807, 2.05) is 78.9 Å². The zero-order chi connectivity index (χ0) is 23.8. The van der Waals surface area contributed by atoms with Crippen LogP contribution in [0.4, 0.5) is 5.69 Å². The van der Waals surface area contributed by atoms with E-state index in [-0.39, 0.29) is 24.3 Å². The van der Waals surface area contributed by atoms with E-state index >= 15 is 0 Å².